The number of amides is 1. The van der Waals surface area contributed by atoms with Gasteiger partial charge in [0.25, 0.3) is 5.91 Å². The van der Waals surface area contributed by atoms with E-state index >= 15 is 0 Å². The molecule has 186 valence electrons. The topological polar surface area (TPSA) is 71.4 Å². The average molecular weight is 549 g/mol. The van der Waals surface area contributed by atoms with E-state index in [1.807, 2.05) is 77.7 Å². The minimum atomic E-state index is -1.09. The van der Waals surface area contributed by atoms with Crippen molar-refractivity contribution in [3.8, 4) is 5.75 Å². The molecule has 0 bridgehead atoms. The van der Waals surface area contributed by atoms with Gasteiger partial charge >= 0.3 is 0 Å². The molecule has 0 aromatic heterocycles. The first-order chi connectivity index (χ1) is 17.6. The molecule has 3 aromatic rings. The molecule has 0 aliphatic carbocycles. The van der Waals surface area contributed by atoms with Crippen LogP contribution in [0.15, 0.2) is 82.3 Å². The fraction of sp³-hybridized carbons (Fsp3) is 0.310. The second-order valence-electron chi connectivity index (χ2n) is 9.11. The summed E-state index contributed by atoms with van der Waals surface area (Å²) in [7, 11) is 0. The lowest BCUT2D eigenvalue weighted by atomic mass is 9.78. The van der Waals surface area contributed by atoms with Crippen molar-refractivity contribution in [1.29, 1.82) is 0 Å². The van der Waals surface area contributed by atoms with Crippen LogP contribution in [0.4, 0.5) is 5.69 Å². The molecule has 0 fully saturated rings. The third-order valence-corrected chi connectivity index (χ3v) is 7.13. The lowest BCUT2D eigenvalue weighted by Gasteiger charge is -2.41. The van der Waals surface area contributed by atoms with Gasteiger partial charge in [-0.15, -0.1) is 0 Å². The molecule has 0 spiro atoms. The number of aliphatic hydroxyl groups is 1. The van der Waals surface area contributed by atoms with Crippen molar-refractivity contribution in [2.45, 2.75) is 37.8 Å². The number of carbonyl (C=O) groups is 1. The zero-order valence-electron chi connectivity index (χ0n) is 20.2. The van der Waals surface area contributed by atoms with Crippen LogP contribution >= 0.6 is 15.9 Å². The number of fused-ring (bicyclic) bond motifs is 3. The molecule has 0 saturated carbocycles. The van der Waals surface area contributed by atoms with E-state index in [9.17, 15) is 4.79 Å². The van der Waals surface area contributed by atoms with Gasteiger partial charge in [-0.05, 0) is 54.4 Å². The maximum atomic E-state index is 14.2. The van der Waals surface area contributed by atoms with E-state index in [0.717, 1.165) is 33.3 Å². The highest BCUT2D eigenvalue weighted by Gasteiger charge is 2.58. The number of halogens is 1. The Labute approximate surface area is 219 Å². The predicted molar refractivity (Wildman–Crippen MR) is 144 cm³/mol. The Hall–Kier alpha value is -3.16. The third-order valence-electron chi connectivity index (χ3n) is 6.60. The van der Waals surface area contributed by atoms with E-state index < -0.39 is 11.6 Å². The predicted octanol–water partition coefficient (Wildman–Crippen LogP) is 5.47. The van der Waals surface area contributed by atoms with Gasteiger partial charge < -0.3 is 19.5 Å². The number of hydrogen-bond acceptors (Lipinski definition) is 5. The van der Waals surface area contributed by atoms with Crippen molar-refractivity contribution < 1.29 is 19.4 Å². The van der Waals surface area contributed by atoms with Crippen LogP contribution in [0.1, 0.15) is 42.6 Å². The van der Waals surface area contributed by atoms with Gasteiger partial charge in [-0.2, -0.15) is 0 Å². The highest BCUT2D eigenvalue weighted by Crippen LogP contribution is 2.50. The Morgan fingerprint density at radius 2 is 1.83 bits per heavy atom. The van der Waals surface area contributed by atoms with Crippen LogP contribution in [-0.4, -0.2) is 42.2 Å². The number of aliphatic imine (C=N–C) groups is 1. The van der Waals surface area contributed by atoms with Gasteiger partial charge in [-0.25, -0.2) is 4.99 Å². The Bertz CT molecular complexity index is 1260. The van der Waals surface area contributed by atoms with Gasteiger partial charge in [-0.3, -0.25) is 4.79 Å². The number of carbonyl (C=O) groups excluding carboxylic acids is 1. The summed E-state index contributed by atoms with van der Waals surface area (Å²) in [4.78, 5) is 21.2. The molecular weight excluding hydrogens is 520 g/mol. The molecule has 2 heterocycles. The van der Waals surface area contributed by atoms with Gasteiger partial charge in [0, 0.05) is 41.6 Å². The van der Waals surface area contributed by atoms with Crippen LogP contribution in [0.3, 0.4) is 0 Å². The van der Waals surface area contributed by atoms with Crippen molar-refractivity contribution in [3.05, 3.63) is 94.0 Å². The van der Waals surface area contributed by atoms with E-state index in [4.69, 9.17) is 19.6 Å². The number of rotatable bonds is 9. The number of aliphatic hydroxyl groups excluding tert-OH is 1. The minimum absolute atomic E-state index is 0.0325. The summed E-state index contributed by atoms with van der Waals surface area (Å²) in [5, 5.41) is 8.97. The van der Waals surface area contributed by atoms with Crippen LogP contribution in [0.2, 0.25) is 0 Å². The smallest absolute Gasteiger partial charge is 0.259 e. The summed E-state index contributed by atoms with van der Waals surface area (Å²) in [5.74, 6) is 1.14. The first-order valence-corrected chi connectivity index (χ1v) is 13.1. The second kappa shape index (κ2) is 10.4. The Morgan fingerprint density at radius 3 is 2.56 bits per heavy atom. The number of ether oxygens (including phenoxy) is 2. The third kappa shape index (κ3) is 4.53. The summed E-state index contributed by atoms with van der Waals surface area (Å²) in [6, 6.07) is 23.5. The van der Waals surface area contributed by atoms with E-state index in [2.05, 4.69) is 22.9 Å². The zero-order chi connectivity index (χ0) is 25.1. The lowest BCUT2D eigenvalue weighted by Crippen LogP contribution is -2.55. The van der Waals surface area contributed by atoms with Gasteiger partial charge in [0.1, 0.15) is 5.75 Å². The largest absolute Gasteiger partial charge is 0.494 e. The van der Waals surface area contributed by atoms with Crippen molar-refractivity contribution in [3.63, 3.8) is 0 Å². The summed E-state index contributed by atoms with van der Waals surface area (Å²) < 4.78 is 13.2. The average Bonchev–Trinajstić information content (AvgIpc) is 3.29. The maximum absolute atomic E-state index is 14.2. The fourth-order valence-electron chi connectivity index (χ4n) is 4.90. The van der Waals surface area contributed by atoms with Crippen molar-refractivity contribution >= 4 is 33.4 Å². The Morgan fingerprint density at radius 1 is 1.08 bits per heavy atom. The molecule has 36 heavy (non-hydrogen) atoms. The van der Waals surface area contributed by atoms with Crippen molar-refractivity contribution in [2.24, 2.45) is 4.99 Å². The molecule has 3 aromatic carbocycles. The van der Waals surface area contributed by atoms with Crippen LogP contribution in [-0.2, 0) is 16.0 Å². The van der Waals surface area contributed by atoms with Gasteiger partial charge in [0.2, 0.25) is 5.90 Å². The van der Waals surface area contributed by atoms with E-state index in [1.165, 1.54) is 0 Å². The number of nitrogens with zero attached hydrogens (tertiary/aromatic N) is 2. The van der Waals surface area contributed by atoms with E-state index in [1.54, 1.807) is 0 Å². The van der Waals surface area contributed by atoms with E-state index in [0.29, 0.717) is 37.6 Å². The van der Waals surface area contributed by atoms with Gasteiger partial charge in [0.05, 0.1) is 12.3 Å². The number of anilines is 1. The SMILES string of the molecule is CCCN1C(=O)[C@@]2(Cc3ccc(Br)cc3)N=C(c3ccc(OCCCO)cc3)O[C@H]2c2ccccc21. The van der Waals surface area contributed by atoms with Crippen LogP contribution in [0, 0.1) is 0 Å². The summed E-state index contributed by atoms with van der Waals surface area (Å²) >= 11 is 3.50. The van der Waals surface area contributed by atoms with Crippen molar-refractivity contribution in [2.75, 3.05) is 24.7 Å². The fourth-order valence-corrected chi connectivity index (χ4v) is 5.17. The van der Waals surface area contributed by atoms with Crippen molar-refractivity contribution in [1.82, 2.24) is 0 Å². The van der Waals surface area contributed by atoms with Gasteiger partial charge in [-0.1, -0.05) is 53.2 Å². The Balaban J connectivity index is 1.56. The number of benzene rings is 3. The molecule has 1 amide bonds. The highest BCUT2D eigenvalue weighted by atomic mass is 79.9. The first-order valence-electron chi connectivity index (χ1n) is 12.3. The summed E-state index contributed by atoms with van der Waals surface area (Å²) in [6.07, 6.45) is 1.33. The quantitative estimate of drug-likeness (QED) is 0.360. The molecule has 0 radical (unpaired) electrons. The maximum Gasteiger partial charge on any atom is 0.259 e. The molecular formula is C29H29BrN2O4. The molecule has 2 atom stereocenters. The zero-order valence-corrected chi connectivity index (χ0v) is 21.8. The number of hydrogen-bond donors (Lipinski definition) is 1. The normalized spacial score (nSPS) is 20.4. The Kier molecular flexibility index (Phi) is 7.12. The van der Waals surface area contributed by atoms with Crippen LogP contribution in [0.5, 0.6) is 5.75 Å². The molecule has 1 N–H and O–H groups in total. The molecule has 0 unspecified atom stereocenters. The lowest BCUT2D eigenvalue weighted by molar-refractivity contribution is -0.127. The molecule has 2 aliphatic rings. The standard InChI is InChI=1S/C29H29BrN2O4/c1-2-16-32-25-7-4-3-6-24(25)26-29(28(32)34,19-20-8-12-22(30)13-9-20)31-27(36-26)21-10-14-23(15-11-21)35-18-5-17-33/h3-4,6-15,26,33H,2,5,16-19H2,1H3/t26-,29-/m0/s1. The molecule has 2 aliphatic heterocycles. The monoisotopic (exact) mass is 548 g/mol. The first kappa shape index (κ1) is 24.5. The van der Waals surface area contributed by atoms with Crippen LogP contribution < -0.4 is 9.64 Å². The van der Waals surface area contributed by atoms with E-state index in [-0.39, 0.29) is 12.5 Å². The molecule has 0 saturated heterocycles. The molecule has 5 rings (SSSR count). The number of para-hydroxylation sites is 1. The van der Waals surface area contributed by atoms with Crippen LogP contribution in [0.25, 0.3) is 0 Å². The highest BCUT2D eigenvalue weighted by molar-refractivity contribution is 9.10. The second-order valence-corrected chi connectivity index (χ2v) is 10.0. The summed E-state index contributed by atoms with van der Waals surface area (Å²) in [6.45, 7) is 3.24. The molecule has 6 nitrogen and oxygen atoms in total. The van der Waals surface area contributed by atoms with Gasteiger partial charge in [0.15, 0.2) is 11.6 Å². The summed E-state index contributed by atoms with van der Waals surface area (Å²) in [5.41, 5.74) is 2.59. The minimum Gasteiger partial charge on any atom is -0.494 e. The molecule has 7 heteroatoms.